The molecule has 0 radical (unpaired) electrons. The van der Waals surface area contributed by atoms with Gasteiger partial charge in [-0.25, -0.2) is 0 Å². The number of nitrogens with zero attached hydrogens (tertiary/aromatic N) is 1. The zero-order valence-corrected chi connectivity index (χ0v) is 16.4. The molecular weight excluding hydrogens is 354 g/mol. The van der Waals surface area contributed by atoms with Crippen LogP contribution < -0.4 is 15.5 Å². The van der Waals surface area contributed by atoms with Crippen LogP contribution in [0.5, 0.6) is 0 Å². The molecule has 0 unspecified atom stereocenters. The standard InChI is InChI=1S/C22H25N3O3/c1-14(2)16-7-9-18(10-8-16)24-22(28)17-11-21(27)25(13-17)20-6-4-5-19(12-20)23-15(3)26/h4-10,12,14,17H,11,13H2,1-3H3,(H,23,26)(H,24,28)/t17-/m0/s1. The lowest BCUT2D eigenvalue weighted by Crippen LogP contribution is -2.28. The highest BCUT2D eigenvalue weighted by Crippen LogP contribution is 2.28. The predicted molar refractivity (Wildman–Crippen MR) is 110 cm³/mol. The predicted octanol–water partition coefficient (Wildman–Crippen LogP) is 3.76. The van der Waals surface area contributed by atoms with E-state index in [1.54, 1.807) is 29.2 Å². The second-order valence-corrected chi connectivity index (χ2v) is 7.40. The summed E-state index contributed by atoms with van der Waals surface area (Å²) in [7, 11) is 0. The molecule has 2 N–H and O–H groups in total. The Balaban J connectivity index is 1.66. The molecule has 0 aliphatic carbocycles. The van der Waals surface area contributed by atoms with Crippen molar-refractivity contribution in [3.8, 4) is 0 Å². The van der Waals surface area contributed by atoms with Crippen LogP contribution in [0.2, 0.25) is 0 Å². The van der Waals surface area contributed by atoms with Crippen molar-refractivity contribution in [2.24, 2.45) is 5.92 Å². The lowest BCUT2D eigenvalue weighted by molar-refractivity contribution is -0.122. The van der Waals surface area contributed by atoms with Gasteiger partial charge in [-0.1, -0.05) is 32.0 Å². The van der Waals surface area contributed by atoms with Crippen molar-refractivity contribution < 1.29 is 14.4 Å². The molecule has 0 saturated carbocycles. The number of rotatable bonds is 5. The fourth-order valence-corrected chi connectivity index (χ4v) is 3.28. The third-order valence-corrected chi connectivity index (χ3v) is 4.82. The van der Waals surface area contributed by atoms with Gasteiger partial charge in [0.05, 0.1) is 5.92 Å². The molecule has 3 amide bonds. The lowest BCUT2D eigenvalue weighted by atomic mass is 10.0. The summed E-state index contributed by atoms with van der Waals surface area (Å²) in [4.78, 5) is 37.9. The summed E-state index contributed by atoms with van der Waals surface area (Å²) in [6.45, 7) is 5.99. The largest absolute Gasteiger partial charge is 0.326 e. The highest BCUT2D eigenvalue weighted by Gasteiger charge is 2.35. The minimum Gasteiger partial charge on any atom is -0.326 e. The lowest BCUT2D eigenvalue weighted by Gasteiger charge is -2.18. The molecule has 1 aliphatic heterocycles. The highest BCUT2D eigenvalue weighted by molar-refractivity contribution is 6.04. The van der Waals surface area contributed by atoms with Crippen LogP contribution in [0, 0.1) is 5.92 Å². The van der Waals surface area contributed by atoms with Gasteiger partial charge in [0.1, 0.15) is 0 Å². The van der Waals surface area contributed by atoms with E-state index >= 15 is 0 Å². The summed E-state index contributed by atoms with van der Waals surface area (Å²) in [5, 5.41) is 5.61. The first-order chi connectivity index (χ1) is 13.3. The Hall–Kier alpha value is -3.15. The summed E-state index contributed by atoms with van der Waals surface area (Å²) < 4.78 is 0. The highest BCUT2D eigenvalue weighted by atomic mass is 16.2. The van der Waals surface area contributed by atoms with E-state index in [1.807, 2.05) is 24.3 Å². The van der Waals surface area contributed by atoms with Crippen LogP contribution >= 0.6 is 0 Å². The molecule has 0 spiro atoms. The average Bonchev–Trinajstić information content (AvgIpc) is 3.04. The Labute approximate surface area is 164 Å². The smallest absolute Gasteiger partial charge is 0.229 e. The number of anilines is 3. The van der Waals surface area contributed by atoms with Crippen molar-refractivity contribution in [3.63, 3.8) is 0 Å². The number of carbonyl (C=O) groups is 3. The first kappa shape index (κ1) is 19.6. The summed E-state index contributed by atoms with van der Waals surface area (Å²) in [6.07, 6.45) is 0.167. The Bertz CT molecular complexity index is 890. The van der Waals surface area contributed by atoms with Crippen molar-refractivity contribution in [2.75, 3.05) is 22.1 Å². The topological polar surface area (TPSA) is 78.5 Å². The molecule has 1 saturated heterocycles. The van der Waals surface area contributed by atoms with E-state index in [-0.39, 0.29) is 24.1 Å². The van der Waals surface area contributed by atoms with Gasteiger partial charge in [0.15, 0.2) is 0 Å². The summed E-state index contributed by atoms with van der Waals surface area (Å²) >= 11 is 0. The van der Waals surface area contributed by atoms with Crippen LogP contribution in [0.25, 0.3) is 0 Å². The Morgan fingerprint density at radius 2 is 1.75 bits per heavy atom. The molecule has 2 aromatic carbocycles. The molecular formula is C22H25N3O3. The van der Waals surface area contributed by atoms with Gasteiger partial charge in [-0.2, -0.15) is 0 Å². The van der Waals surface area contributed by atoms with Crippen molar-refractivity contribution in [1.82, 2.24) is 0 Å². The monoisotopic (exact) mass is 379 g/mol. The zero-order chi connectivity index (χ0) is 20.3. The molecule has 0 bridgehead atoms. The van der Waals surface area contributed by atoms with Gasteiger partial charge < -0.3 is 15.5 Å². The van der Waals surface area contributed by atoms with Crippen LogP contribution in [0.1, 0.15) is 38.7 Å². The Morgan fingerprint density at radius 1 is 1.04 bits per heavy atom. The van der Waals surface area contributed by atoms with E-state index in [0.717, 1.165) is 5.69 Å². The van der Waals surface area contributed by atoms with E-state index in [0.29, 0.717) is 23.8 Å². The van der Waals surface area contributed by atoms with Gasteiger partial charge in [0.25, 0.3) is 0 Å². The zero-order valence-electron chi connectivity index (χ0n) is 16.4. The molecule has 1 heterocycles. The van der Waals surface area contributed by atoms with E-state index in [4.69, 9.17) is 0 Å². The second kappa shape index (κ2) is 8.25. The first-order valence-corrected chi connectivity index (χ1v) is 9.42. The van der Waals surface area contributed by atoms with Gasteiger partial charge in [0, 0.05) is 37.0 Å². The molecule has 1 atom stereocenters. The van der Waals surface area contributed by atoms with Crippen LogP contribution in [0.4, 0.5) is 17.1 Å². The molecule has 146 valence electrons. The van der Waals surface area contributed by atoms with Gasteiger partial charge in [0.2, 0.25) is 17.7 Å². The SMILES string of the molecule is CC(=O)Nc1cccc(N2C[C@@H](C(=O)Nc3ccc(C(C)C)cc3)CC2=O)c1. The second-order valence-electron chi connectivity index (χ2n) is 7.40. The van der Waals surface area contributed by atoms with Crippen molar-refractivity contribution in [1.29, 1.82) is 0 Å². The molecule has 0 aromatic heterocycles. The maximum atomic E-state index is 12.6. The number of carbonyl (C=O) groups excluding carboxylic acids is 3. The van der Waals surface area contributed by atoms with Gasteiger partial charge >= 0.3 is 0 Å². The van der Waals surface area contributed by atoms with Gasteiger partial charge in [-0.05, 0) is 41.8 Å². The quantitative estimate of drug-likeness (QED) is 0.830. The van der Waals surface area contributed by atoms with E-state index in [1.165, 1.54) is 12.5 Å². The number of hydrogen-bond donors (Lipinski definition) is 2. The molecule has 3 rings (SSSR count). The van der Waals surface area contributed by atoms with Crippen molar-refractivity contribution >= 4 is 34.8 Å². The molecule has 6 heteroatoms. The number of benzene rings is 2. The maximum absolute atomic E-state index is 12.6. The fourth-order valence-electron chi connectivity index (χ4n) is 3.28. The third kappa shape index (κ3) is 4.57. The van der Waals surface area contributed by atoms with E-state index in [2.05, 4.69) is 24.5 Å². The Morgan fingerprint density at radius 3 is 2.39 bits per heavy atom. The van der Waals surface area contributed by atoms with Crippen molar-refractivity contribution in [3.05, 3.63) is 54.1 Å². The fraction of sp³-hybridized carbons (Fsp3) is 0.318. The third-order valence-electron chi connectivity index (χ3n) is 4.82. The first-order valence-electron chi connectivity index (χ1n) is 9.42. The minimum atomic E-state index is -0.415. The minimum absolute atomic E-state index is 0.102. The summed E-state index contributed by atoms with van der Waals surface area (Å²) in [5.41, 5.74) is 3.23. The van der Waals surface area contributed by atoms with E-state index < -0.39 is 5.92 Å². The molecule has 6 nitrogen and oxygen atoms in total. The van der Waals surface area contributed by atoms with Crippen molar-refractivity contribution in [2.45, 2.75) is 33.1 Å². The number of amides is 3. The molecule has 28 heavy (non-hydrogen) atoms. The number of nitrogens with one attached hydrogen (secondary N) is 2. The van der Waals surface area contributed by atoms with Gasteiger partial charge in [-0.15, -0.1) is 0 Å². The van der Waals surface area contributed by atoms with Gasteiger partial charge in [-0.3, -0.25) is 14.4 Å². The van der Waals surface area contributed by atoms with Crippen LogP contribution in [-0.4, -0.2) is 24.3 Å². The molecule has 1 aliphatic rings. The van der Waals surface area contributed by atoms with Crippen LogP contribution in [-0.2, 0) is 14.4 Å². The molecule has 2 aromatic rings. The normalized spacial score (nSPS) is 16.4. The maximum Gasteiger partial charge on any atom is 0.229 e. The summed E-state index contributed by atoms with van der Waals surface area (Å²) in [6, 6.07) is 14.9. The van der Waals surface area contributed by atoms with E-state index in [9.17, 15) is 14.4 Å². The number of hydrogen-bond acceptors (Lipinski definition) is 3. The van der Waals surface area contributed by atoms with Crippen LogP contribution in [0.15, 0.2) is 48.5 Å². The molecule has 1 fully saturated rings. The van der Waals surface area contributed by atoms with Crippen LogP contribution in [0.3, 0.4) is 0 Å². The summed E-state index contributed by atoms with van der Waals surface area (Å²) in [5.74, 6) is -0.423. The average molecular weight is 379 g/mol. The Kier molecular flexibility index (Phi) is 5.78.